The summed E-state index contributed by atoms with van der Waals surface area (Å²) in [4.78, 5) is 31.2. The summed E-state index contributed by atoms with van der Waals surface area (Å²) >= 11 is 4.93. The van der Waals surface area contributed by atoms with Crippen LogP contribution in [0.2, 0.25) is 0 Å². The molecule has 8 heteroatoms. The number of imidazole rings is 1. The summed E-state index contributed by atoms with van der Waals surface area (Å²) < 4.78 is 2.91. The van der Waals surface area contributed by atoms with Gasteiger partial charge in [-0.05, 0) is 96.5 Å². The Bertz CT molecular complexity index is 1250. The highest BCUT2D eigenvalue weighted by molar-refractivity contribution is 9.10. The number of hydrogen-bond donors (Lipinski definition) is 2. The third-order valence-electron chi connectivity index (χ3n) is 7.91. The van der Waals surface area contributed by atoms with Gasteiger partial charge in [0.1, 0.15) is 5.65 Å². The van der Waals surface area contributed by atoms with Crippen molar-refractivity contribution < 1.29 is 9.59 Å². The molecule has 6 nitrogen and oxygen atoms in total. The predicted octanol–water partition coefficient (Wildman–Crippen LogP) is 5.20. The Balaban J connectivity index is 1.08. The molecule has 35 heavy (non-hydrogen) atoms. The summed E-state index contributed by atoms with van der Waals surface area (Å²) in [6, 6.07) is 11.4. The van der Waals surface area contributed by atoms with Crippen LogP contribution in [0.1, 0.15) is 54.6 Å². The summed E-state index contributed by atoms with van der Waals surface area (Å²) in [5, 5.41) is 6.45. The van der Waals surface area contributed by atoms with Gasteiger partial charge < -0.3 is 15.0 Å². The SMILES string of the molecule is O=C(CSc1ccccc1C(=O)NCc1cnc2ccc(Br)cn12)NC12CC3CC(CC(C3)C1)C2. The fourth-order valence-electron chi connectivity index (χ4n) is 6.92. The van der Waals surface area contributed by atoms with Crippen LogP contribution in [-0.4, -0.2) is 32.5 Å². The second-order valence-corrected chi connectivity index (χ2v) is 12.5. The van der Waals surface area contributed by atoms with E-state index in [1.54, 1.807) is 6.20 Å². The minimum Gasteiger partial charge on any atom is -0.350 e. The van der Waals surface area contributed by atoms with Gasteiger partial charge in [-0.25, -0.2) is 4.98 Å². The lowest BCUT2D eigenvalue weighted by Gasteiger charge is -2.56. The molecule has 0 aliphatic heterocycles. The first-order valence-electron chi connectivity index (χ1n) is 12.4. The van der Waals surface area contributed by atoms with Gasteiger partial charge >= 0.3 is 0 Å². The van der Waals surface area contributed by atoms with Crippen molar-refractivity contribution in [2.24, 2.45) is 17.8 Å². The molecule has 2 amide bonds. The van der Waals surface area contributed by atoms with E-state index in [1.165, 1.54) is 31.0 Å². The number of halogens is 1. The molecule has 7 rings (SSSR count). The van der Waals surface area contributed by atoms with Gasteiger partial charge in [-0.3, -0.25) is 9.59 Å². The topological polar surface area (TPSA) is 75.5 Å². The number of rotatable bonds is 7. The molecule has 4 aliphatic carbocycles. The van der Waals surface area contributed by atoms with Gasteiger partial charge in [-0.15, -0.1) is 11.8 Å². The molecule has 182 valence electrons. The van der Waals surface area contributed by atoms with Crippen molar-refractivity contribution in [1.82, 2.24) is 20.0 Å². The fraction of sp³-hybridized carbons (Fsp3) is 0.444. The highest BCUT2D eigenvalue weighted by Gasteiger charge is 2.51. The monoisotopic (exact) mass is 552 g/mol. The van der Waals surface area contributed by atoms with E-state index in [-0.39, 0.29) is 17.4 Å². The number of carbonyl (C=O) groups is 2. The molecular weight excluding hydrogens is 524 g/mol. The molecule has 4 saturated carbocycles. The average molecular weight is 554 g/mol. The van der Waals surface area contributed by atoms with Gasteiger partial charge in [0.15, 0.2) is 0 Å². The number of nitrogens with one attached hydrogen (secondary N) is 2. The van der Waals surface area contributed by atoms with Crippen molar-refractivity contribution in [3.05, 3.63) is 64.5 Å². The average Bonchev–Trinajstić information content (AvgIpc) is 3.22. The second kappa shape index (κ2) is 9.28. The first-order valence-corrected chi connectivity index (χ1v) is 14.2. The minimum atomic E-state index is -0.153. The Hall–Kier alpha value is -2.32. The Labute approximate surface area is 217 Å². The predicted molar refractivity (Wildman–Crippen MR) is 140 cm³/mol. The molecule has 0 saturated heterocycles. The van der Waals surface area contributed by atoms with E-state index < -0.39 is 0 Å². The normalized spacial score (nSPS) is 26.7. The van der Waals surface area contributed by atoms with Crippen LogP contribution in [0.5, 0.6) is 0 Å². The quantitative estimate of drug-likeness (QED) is 0.395. The van der Waals surface area contributed by atoms with Crippen LogP contribution < -0.4 is 10.6 Å². The molecule has 4 fully saturated rings. The van der Waals surface area contributed by atoms with E-state index in [2.05, 4.69) is 31.5 Å². The molecule has 0 radical (unpaired) electrons. The van der Waals surface area contributed by atoms with Gasteiger partial charge in [0.05, 0.1) is 29.8 Å². The Morgan fingerprint density at radius 3 is 2.51 bits per heavy atom. The van der Waals surface area contributed by atoms with Crippen LogP contribution in [0.15, 0.2) is 58.2 Å². The number of amides is 2. The number of nitrogens with zero attached hydrogens (tertiary/aromatic N) is 2. The number of thioether (sulfide) groups is 1. The zero-order valence-corrected chi connectivity index (χ0v) is 21.9. The van der Waals surface area contributed by atoms with Crippen LogP contribution >= 0.6 is 27.7 Å². The summed E-state index contributed by atoms with van der Waals surface area (Å²) in [6.07, 6.45) is 11.2. The minimum absolute atomic E-state index is 0.0201. The van der Waals surface area contributed by atoms with E-state index in [0.717, 1.165) is 57.7 Å². The third-order valence-corrected chi connectivity index (χ3v) is 9.45. The van der Waals surface area contributed by atoms with Crippen LogP contribution in [0.3, 0.4) is 0 Å². The van der Waals surface area contributed by atoms with Crippen LogP contribution in [0.25, 0.3) is 5.65 Å². The van der Waals surface area contributed by atoms with E-state index in [0.29, 0.717) is 17.9 Å². The van der Waals surface area contributed by atoms with Gasteiger partial charge in [-0.1, -0.05) is 12.1 Å². The molecule has 0 spiro atoms. The zero-order valence-electron chi connectivity index (χ0n) is 19.5. The van der Waals surface area contributed by atoms with Crippen molar-refractivity contribution >= 4 is 45.2 Å². The highest BCUT2D eigenvalue weighted by Crippen LogP contribution is 2.55. The van der Waals surface area contributed by atoms with Gasteiger partial charge in [0, 0.05) is 21.1 Å². The smallest absolute Gasteiger partial charge is 0.252 e. The number of aromatic nitrogens is 2. The van der Waals surface area contributed by atoms with Crippen molar-refractivity contribution in [3.8, 4) is 0 Å². The molecule has 3 aromatic rings. The lowest BCUT2D eigenvalue weighted by atomic mass is 9.53. The van der Waals surface area contributed by atoms with E-state index in [4.69, 9.17) is 0 Å². The van der Waals surface area contributed by atoms with E-state index in [1.807, 2.05) is 47.0 Å². The van der Waals surface area contributed by atoms with Gasteiger partial charge in [0.25, 0.3) is 5.91 Å². The van der Waals surface area contributed by atoms with Gasteiger partial charge in [-0.2, -0.15) is 0 Å². The molecule has 2 heterocycles. The molecule has 1 aromatic carbocycles. The number of fused-ring (bicyclic) bond motifs is 1. The summed E-state index contributed by atoms with van der Waals surface area (Å²) in [6.45, 7) is 0.363. The molecular formula is C27H29BrN4O2S. The maximum absolute atomic E-state index is 13.0. The second-order valence-electron chi connectivity index (χ2n) is 10.5. The maximum atomic E-state index is 13.0. The van der Waals surface area contributed by atoms with Crippen molar-refractivity contribution in [1.29, 1.82) is 0 Å². The Morgan fingerprint density at radius 2 is 1.77 bits per heavy atom. The molecule has 4 aliphatic rings. The van der Waals surface area contributed by atoms with Gasteiger partial charge in [0.2, 0.25) is 5.91 Å². The largest absolute Gasteiger partial charge is 0.350 e. The standard InChI is InChI=1S/C27H29BrN4O2S/c28-20-5-6-24-29-13-21(32(24)15-20)14-30-26(34)22-3-1-2-4-23(22)35-16-25(33)31-27-10-17-7-18(11-27)9-19(8-17)12-27/h1-6,13,15,17-19H,7-12,14,16H2,(H,30,34)(H,31,33). The summed E-state index contributed by atoms with van der Waals surface area (Å²) in [5.74, 6) is 2.66. The Kier molecular flexibility index (Phi) is 6.13. The van der Waals surface area contributed by atoms with Crippen molar-refractivity contribution in [3.63, 3.8) is 0 Å². The summed E-state index contributed by atoms with van der Waals surface area (Å²) in [7, 11) is 0. The third kappa shape index (κ3) is 4.75. The highest BCUT2D eigenvalue weighted by atomic mass is 79.9. The molecule has 4 bridgehead atoms. The Morgan fingerprint density at radius 1 is 1.06 bits per heavy atom. The molecule has 2 aromatic heterocycles. The van der Waals surface area contributed by atoms with Crippen LogP contribution in [-0.2, 0) is 11.3 Å². The number of hydrogen-bond acceptors (Lipinski definition) is 4. The van der Waals surface area contributed by atoms with Crippen molar-refractivity contribution in [2.75, 3.05) is 5.75 Å². The first-order chi connectivity index (χ1) is 17.0. The van der Waals surface area contributed by atoms with Crippen molar-refractivity contribution in [2.45, 2.75) is 55.5 Å². The lowest BCUT2D eigenvalue weighted by Crippen LogP contribution is -2.60. The van der Waals surface area contributed by atoms with Crippen LogP contribution in [0, 0.1) is 17.8 Å². The first kappa shape index (κ1) is 23.1. The molecule has 0 unspecified atom stereocenters. The number of benzene rings is 1. The maximum Gasteiger partial charge on any atom is 0.252 e. The zero-order chi connectivity index (χ0) is 24.0. The number of carbonyl (C=O) groups excluding carboxylic acids is 2. The molecule has 0 atom stereocenters. The van der Waals surface area contributed by atoms with Crippen LogP contribution in [0.4, 0.5) is 0 Å². The van der Waals surface area contributed by atoms with E-state index in [9.17, 15) is 9.59 Å². The summed E-state index contributed by atoms with van der Waals surface area (Å²) in [5.41, 5.74) is 2.34. The fourth-order valence-corrected chi connectivity index (χ4v) is 8.11. The van der Waals surface area contributed by atoms with E-state index >= 15 is 0 Å². The molecule has 2 N–H and O–H groups in total. The number of pyridine rings is 1. The lowest BCUT2D eigenvalue weighted by molar-refractivity contribution is -0.124.